The van der Waals surface area contributed by atoms with Crippen LogP contribution in [0.15, 0.2) is 18.3 Å². The number of hydrogen-bond acceptors (Lipinski definition) is 4. The molecule has 1 aromatic rings. The van der Waals surface area contributed by atoms with Crippen molar-refractivity contribution in [2.45, 2.75) is 13.8 Å². The fourth-order valence-corrected chi connectivity index (χ4v) is 1.50. The van der Waals surface area contributed by atoms with Gasteiger partial charge in [-0.05, 0) is 18.1 Å². The van der Waals surface area contributed by atoms with Gasteiger partial charge in [-0.1, -0.05) is 13.8 Å². The summed E-state index contributed by atoms with van der Waals surface area (Å²) in [6.07, 6.45) is 1.11. The molecule has 114 valence electrons. The average Bonchev–Trinajstić information content (AvgIpc) is 2.44. The Morgan fingerprint density at radius 2 is 2.00 bits per heavy atom. The Bertz CT molecular complexity index is 526. The van der Waals surface area contributed by atoms with Gasteiger partial charge in [0.2, 0.25) is 5.91 Å². The Balaban J connectivity index is 2.61. The number of carbonyl (C=O) groups is 3. The number of rotatable bonds is 6. The maximum atomic E-state index is 12.0. The van der Waals surface area contributed by atoms with E-state index in [9.17, 15) is 14.4 Å². The minimum Gasteiger partial charge on any atom is -0.478 e. The van der Waals surface area contributed by atoms with Crippen LogP contribution in [0.1, 0.15) is 34.7 Å². The molecular formula is C14H19N3O4. The van der Waals surface area contributed by atoms with E-state index in [0.717, 1.165) is 6.20 Å². The monoisotopic (exact) mass is 293 g/mol. The summed E-state index contributed by atoms with van der Waals surface area (Å²) in [5, 5.41) is 11.5. The highest BCUT2D eigenvalue weighted by Gasteiger charge is 2.16. The Morgan fingerprint density at radius 3 is 2.48 bits per heavy atom. The third-order valence-electron chi connectivity index (χ3n) is 2.66. The molecule has 0 atom stereocenters. The van der Waals surface area contributed by atoms with Crippen molar-refractivity contribution in [1.82, 2.24) is 15.2 Å². The fourth-order valence-electron chi connectivity index (χ4n) is 1.50. The molecule has 0 radical (unpaired) electrons. The summed E-state index contributed by atoms with van der Waals surface area (Å²) in [6.45, 7) is 4.42. The highest BCUT2D eigenvalue weighted by Crippen LogP contribution is 2.03. The lowest BCUT2D eigenvalue weighted by molar-refractivity contribution is -0.121. The van der Waals surface area contributed by atoms with Crippen molar-refractivity contribution in [2.75, 3.05) is 20.1 Å². The third kappa shape index (κ3) is 5.21. The zero-order valence-corrected chi connectivity index (χ0v) is 12.3. The summed E-state index contributed by atoms with van der Waals surface area (Å²) in [5.74, 6) is -1.46. The first-order valence-corrected chi connectivity index (χ1v) is 6.52. The van der Waals surface area contributed by atoms with Crippen LogP contribution in [-0.2, 0) is 4.79 Å². The molecule has 0 spiro atoms. The Kier molecular flexibility index (Phi) is 5.83. The normalized spacial score (nSPS) is 10.3. The topological polar surface area (TPSA) is 99.6 Å². The van der Waals surface area contributed by atoms with E-state index in [1.54, 1.807) is 0 Å². The largest absolute Gasteiger partial charge is 0.478 e. The number of nitrogens with one attached hydrogen (secondary N) is 1. The van der Waals surface area contributed by atoms with Crippen LogP contribution in [0.4, 0.5) is 0 Å². The summed E-state index contributed by atoms with van der Waals surface area (Å²) in [6, 6.07) is 2.63. The number of hydrogen-bond donors (Lipinski definition) is 2. The van der Waals surface area contributed by atoms with Gasteiger partial charge in [0, 0.05) is 19.8 Å². The van der Waals surface area contributed by atoms with E-state index in [0.29, 0.717) is 12.5 Å². The van der Waals surface area contributed by atoms with Crippen molar-refractivity contribution in [3.8, 4) is 0 Å². The van der Waals surface area contributed by atoms with Gasteiger partial charge < -0.3 is 15.3 Å². The first-order chi connectivity index (χ1) is 9.81. The third-order valence-corrected chi connectivity index (χ3v) is 2.66. The zero-order valence-electron chi connectivity index (χ0n) is 12.3. The molecule has 1 aromatic heterocycles. The van der Waals surface area contributed by atoms with Gasteiger partial charge >= 0.3 is 5.97 Å². The second-order valence-electron chi connectivity index (χ2n) is 5.10. The zero-order chi connectivity index (χ0) is 16.0. The molecule has 7 heteroatoms. The molecule has 0 unspecified atom stereocenters. The SMILES string of the molecule is CC(C)CNC(=O)CN(C)C(=O)c1ccc(C(=O)O)cn1. The molecule has 0 aliphatic heterocycles. The number of carboxylic acid groups (broad SMARTS) is 1. The van der Waals surface area contributed by atoms with E-state index < -0.39 is 11.9 Å². The van der Waals surface area contributed by atoms with E-state index in [2.05, 4.69) is 10.3 Å². The number of pyridine rings is 1. The fraction of sp³-hybridized carbons (Fsp3) is 0.429. The van der Waals surface area contributed by atoms with Crippen molar-refractivity contribution in [3.63, 3.8) is 0 Å². The van der Waals surface area contributed by atoms with E-state index >= 15 is 0 Å². The van der Waals surface area contributed by atoms with E-state index in [-0.39, 0.29) is 23.7 Å². The van der Waals surface area contributed by atoms with Gasteiger partial charge in [0.15, 0.2) is 0 Å². The minimum absolute atomic E-state index is 0.00359. The van der Waals surface area contributed by atoms with Crippen LogP contribution in [0.5, 0.6) is 0 Å². The Morgan fingerprint density at radius 1 is 1.33 bits per heavy atom. The maximum Gasteiger partial charge on any atom is 0.337 e. The standard InChI is InChI=1S/C14H19N3O4/c1-9(2)6-16-12(18)8-17(3)13(19)11-5-4-10(7-15-11)14(20)21/h4-5,7,9H,6,8H2,1-3H3,(H,16,18)(H,20,21). The number of amides is 2. The van der Waals surface area contributed by atoms with E-state index in [1.807, 2.05) is 13.8 Å². The smallest absolute Gasteiger partial charge is 0.337 e. The molecule has 2 N–H and O–H groups in total. The summed E-state index contributed by atoms with van der Waals surface area (Å²) in [7, 11) is 1.49. The lowest BCUT2D eigenvalue weighted by Gasteiger charge is -2.17. The molecule has 0 saturated carbocycles. The van der Waals surface area contributed by atoms with Crippen molar-refractivity contribution < 1.29 is 19.5 Å². The molecule has 1 rings (SSSR count). The van der Waals surface area contributed by atoms with Crippen molar-refractivity contribution in [3.05, 3.63) is 29.6 Å². The molecule has 1 heterocycles. The molecule has 0 aliphatic carbocycles. The molecule has 0 aromatic carbocycles. The molecule has 0 fully saturated rings. The lowest BCUT2D eigenvalue weighted by Crippen LogP contribution is -2.39. The van der Waals surface area contributed by atoms with Gasteiger partial charge in [-0.2, -0.15) is 0 Å². The molecular weight excluding hydrogens is 274 g/mol. The number of likely N-dealkylation sites (N-methyl/N-ethyl adjacent to an activating group) is 1. The summed E-state index contributed by atoms with van der Waals surface area (Å²) in [4.78, 5) is 39.4. The Hall–Kier alpha value is -2.44. The average molecular weight is 293 g/mol. The number of aromatic nitrogens is 1. The summed E-state index contributed by atoms with van der Waals surface area (Å²) < 4.78 is 0. The predicted octanol–water partition coefficient (Wildman–Crippen LogP) is 0.624. The van der Waals surface area contributed by atoms with Crippen LogP contribution in [-0.4, -0.2) is 52.9 Å². The van der Waals surface area contributed by atoms with Crippen LogP contribution in [0.25, 0.3) is 0 Å². The van der Waals surface area contributed by atoms with Crippen LogP contribution >= 0.6 is 0 Å². The van der Waals surface area contributed by atoms with Gasteiger partial charge in [-0.3, -0.25) is 14.6 Å². The quantitative estimate of drug-likeness (QED) is 0.801. The number of nitrogens with zero attached hydrogens (tertiary/aromatic N) is 2. The number of carboxylic acids is 1. The number of carbonyl (C=O) groups excluding carboxylic acids is 2. The summed E-state index contributed by atoms with van der Waals surface area (Å²) in [5.41, 5.74) is 0.100. The second-order valence-corrected chi connectivity index (χ2v) is 5.10. The second kappa shape index (κ2) is 7.37. The van der Waals surface area contributed by atoms with Gasteiger partial charge in [-0.25, -0.2) is 4.79 Å². The summed E-state index contributed by atoms with van der Waals surface area (Å²) >= 11 is 0. The van der Waals surface area contributed by atoms with Crippen LogP contribution < -0.4 is 5.32 Å². The molecule has 0 bridgehead atoms. The van der Waals surface area contributed by atoms with E-state index in [1.165, 1.54) is 24.1 Å². The Labute approximate surface area is 123 Å². The molecule has 7 nitrogen and oxygen atoms in total. The van der Waals surface area contributed by atoms with E-state index in [4.69, 9.17) is 5.11 Å². The van der Waals surface area contributed by atoms with Crippen LogP contribution in [0, 0.1) is 5.92 Å². The molecule has 21 heavy (non-hydrogen) atoms. The molecule has 0 saturated heterocycles. The van der Waals surface area contributed by atoms with Crippen molar-refractivity contribution in [2.24, 2.45) is 5.92 Å². The van der Waals surface area contributed by atoms with Crippen molar-refractivity contribution in [1.29, 1.82) is 0 Å². The van der Waals surface area contributed by atoms with Gasteiger partial charge in [0.1, 0.15) is 5.69 Å². The highest BCUT2D eigenvalue weighted by atomic mass is 16.4. The first-order valence-electron chi connectivity index (χ1n) is 6.52. The van der Waals surface area contributed by atoms with Gasteiger partial charge in [-0.15, -0.1) is 0 Å². The first kappa shape index (κ1) is 16.6. The lowest BCUT2D eigenvalue weighted by atomic mass is 10.2. The maximum absolute atomic E-state index is 12.0. The van der Waals surface area contributed by atoms with Gasteiger partial charge in [0.25, 0.3) is 5.91 Å². The molecule has 2 amide bonds. The minimum atomic E-state index is -1.11. The predicted molar refractivity (Wildman–Crippen MR) is 76.0 cm³/mol. The number of aromatic carboxylic acids is 1. The van der Waals surface area contributed by atoms with Crippen LogP contribution in [0.2, 0.25) is 0 Å². The van der Waals surface area contributed by atoms with Crippen LogP contribution in [0.3, 0.4) is 0 Å². The van der Waals surface area contributed by atoms with Crippen molar-refractivity contribution >= 4 is 17.8 Å². The molecule has 0 aliphatic rings. The van der Waals surface area contributed by atoms with Gasteiger partial charge in [0.05, 0.1) is 12.1 Å². The highest BCUT2D eigenvalue weighted by molar-refractivity contribution is 5.95.